The highest BCUT2D eigenvalue weighted by Gasteiger charge is 2.11. The summed E-state index contributed by atoms with van der Waals surface area (Å²) in [6.45, 7) is 1.86. The molecule has 1 aromatic heterocycles. The molecule has 18 heavy (non-hydrogen) atoms. The molecular weight excluding hydrogens is 235 g/mol. The first-order valence-electron chi connectivity index (χ1n) is 5.36. The molecule has 1 aromatic carbocycles. The van der Waals surface area contributed by atoms with Crippen molar-refractivity contribution in [3.63, 3.8) is 0 Å². The van der Waals surface area contributed by atoms with E-state index in [-0.39, 0.29) is 5.75 Å². The lowest BCUT2D eigenvalue weighted by Gasteiger charge is -2.09. The van der Waals surface area contributed by atoms with E-state index in [2.05, 4.69) is 9.97 Å². The molecule has 0 radical (unpaired) electrons. The highest BCUT2D eigenvalue weighted by Crippen LogP contribution is 2.28. The molecule has 0 bridgehead atoms. The van der Waals surface area contributed by atoms with Gasteiger partial charge in [-0.3, -0.25) is 4.98 Å². The van der Waals surface area contributed by atoms with Crippen LogP contribution in [0.4, 0.5) is 4.39 Å². The SMILES string of the molecule is COc1cncc(-c2cc(F)c(OC)cc2C)n1. The Bertz CT molecular complexity index is 573. The summed E-state index contributed by atoms with van der Waals surface area (Å²) in [5, 5.41) is 0. The van der Waals surface area contributed by atoms with Gasteiger partial charge in [-0.2, -0.15) is 0 Å². The van der Waals surface area contributed by atoms with Crippen LogP contribution in [0, 0.1) is 12.7 Å². The van der Waals surface area contributed by atoms with Crippen molar-refractivity contribution in [2.24, 2.45) is 0 Å². The van der Waals surface area contributed by atoms with Crippen molar-refractivity contribution in [2.75, 3.05) is 14.2 Å². The zero-order valence-corrected chi connectivity index (χ0v) is 10.4. The summed E-state index contributed by atoms with van der Waals surface area (Å²) in [4.78, 5) is 8.23. The second-order valence-corrected chi connectivity index (χ2v) is 3.75. The zero-order valence-electron chi connectivity index (χ0n) is 10.4. The number of halogens is 1. The fourth-order valence-corrected chi connectivity index (χ4v) is 1.66. The minimum Gasteiger partial charge on any atom is -0.494 e. The topological polar surface area (TPSA) is 44.2 Å². The van der Waals surface area contributed by atoms with Crippen LogP contribution in [0.1, 0.15) is 5.56 Å². The summed E-state index contributed by atoms with van der Waals surface area (Å²) in [6.07, 6.45) is 3.06. The maximum Gasteiger partial charge on any atom is 0.232 e. The van der Waals surface area contributed by atoms with Gasteiger partial charge in [-0.05, 0) is 24.6 Å². The van der Waals surface area contributed by atoms with Gasteiger partial charge in [-0.1, -0.05) is 0 Å². The monoisotopic (exact) mass is 248 g/mol. The Balaban J connectivity index is 2.53. The Morgan fingerprint density at radius 3 is 2.56 bits per heavy atom. The Hall–Kier alpha value is -2.17. The number of ether oxygens (including phenoxy) is 2. The second-order valence-electron chi connectivity index (χ2n) is 3.75. The van der Waals surface area contributed by atoms with Gasteiger partial charge in [0, 0.05) is 5.56 Å². The highest BCUT2D eigenvalue weighted by molar-refractivity contribution is 5.64. The molecule has 0 atom stereocenters. The van der Waals surface area contributed by atoms with E-state index >= 15 is 0 Å². The lowest BCUT2D eigenvalue weighted by molar-refractivity contribution is 0.386. The van der Waals surface area contributed by atoms with Crippen LogP contribution < -0.4 is 9.47 Å². The molecule has 94 valence electrons. The largest absolute Gasteiger partial charge is 0.494 e. The average Bonchev–Trinajstić information content (AvgIpc) is 2.41. The van der Waals surface area contributed by atoms with Crippen molar-refractivity contribution < 1.29 is 13.9 Å². The van der Waals surface area contributed by atoms with E-state index in [1.807, 2.05) is 6.92 Å². The predicted octanol–water partition coefficient (Wildman–Crippen LogP) is 2.61. The Morgan fingerprint density at radius 1 is 1.11 bits per heavy atom. The minimum absolute atomic E-state index is 0.215. The molecule has 0 aliphatic heterocycles. The molecule has 0 saturated heterocycles. The van der Waals surface area contributed by atoms with Crippen molar-refractivity contribution in [3.05, 3.63) is 35.9 Å². The summed E-state index contributed by atoms with van der Waals surface area (Å²) >= 11 is 0. The molecule has 0 unspecified atom stereocenters. The fraction of sp³-hybridized carbons (Fsp3) is 0.231. The third kappa shape index (κ3) is 2.25. The minimum atomic E-state index is -0.428. The number of benzene rings is 1. The van der Waals surface area contributed by atoms with Gasteiger partial charge in [0.05, 0.1) is 32.3 Å². The molecule has 0 aliphatic carbocycles. The standard InChI is InChI=1S/C13H13FN2O2/c1-8-4-12(17-2)10(14)5-9(8)11-6-15-7-13(16-11)18-3/h4-7H,1-3H3. The quantitative estimate of drug-likeness (QED) is 0.837. The number of hydrogen-bond acceptors (Lipinski definition) is 4. The first-order chi connectivity index (χ1) is 8.65. The van der Waals surface area contributed by atoms with Crippen molar-refractivity contribution >= 4 is 0 Å². The maximum absolute atomic E-state index is 13.7. The van der Waals surface area contributed by atoms with E-state index in [9.17, 15) is 4.39 Å². The Labute approximate surface area is 104 Å². The lowest BCUT2D eigenvalue weighted by Crippen LogP contribution is -1.96. The Morgan fingerprint density at radius 2 is 1.89 bits per heavy atom. The van der Waals surface area contributed by atoms with E-state index in [0.717, 1.165) is 5.56 Å². The smallest absolute Gasteiger partial charge is 0.232 e. The third-order valence-corrected chi connectivity index (χ3v) is 2.60. The molecule has 5 heteroatoms. The van der Waals surface area contributed by atoms with Crippen LogP contribution in [0.15, 0.2) is 24.5 Å². The van der Waals surface area contributed by atoms with Crippen LogP contribution in [0.3, 0.4) is 0 Å². The van der Waals surface area contributed by atoms with Gasteiger partial charge in [-0.25, -0.2) is 9.37 Å². The van der Waals surface area contributed by atoms with E-state index in [1.165, 1.54) is 26.5 Å². The molecule has 0 fully saturated rings. The van der Waals surface area contributed by atoms with E-state index in [4.69, 9.17) is 9.47 Å². The van der Waals surface area contributed by atoms with Crippen LogP contribution in [0.5, 0.6) is 11.6 Å². The van der Waals surface area contributed by atoms with Crippen molar-refractivity contribution in [3.8, 4) is 22.9 Å². The molecule has 0 amide bonds. The van der Waals surface area contributed by atoms with Gasteiger partial charge in [0.25, 0.3) is 0 Å². The number of nitrogens with zero attached hydrogens (tertiary/aromatic N) is 2. The van der Waals surface area contributed by atoms with Crippen LogP contribution >= 0.6 is 0 Å². The van der Waals surface area contributed by atoms with Gasteiger partial charge in [0.15, 0.2) is 11.6 Å². The van der Waals surface area contributed by atoms with Crippen molar-refractivity contribution in [1.82, 2.24) is 9.97 Å². The first kappa shape index (κ1) is 12.3. The number of hydrogen-bond donors (Lipinski definition) is 0. The zero-order chi connectivity index (χ0) is 13.1. The molecule has 0 saturated carbocycles. The van der Waals surface area contributed by atoms with Gasteiger partial charge in [0.2, 0.25) is 5.88 Å². The summed E-state index contributed by atoms with van der Waals surface area (Å²) in [5.41, 5.74) is 2.09. The van der Waals surface area contributed by atoms with Crippen molar-refractivity contribution in [1.29, 1.82) is 0 Å². The predicted molar refractivity (Wildman–Crippen MR) is 65.3 cm³/mol. The molecule has 2 aromatic rings. The number of rotatable bonds is 3. The van der Waals surface area contributed by atoms with Gasteiger partial charge in [0.1, 0.15) is 0 Å². The van der Waals surface area contributed by atoms with Crippen LogP contribution in [0.25, 0.3) is 11.3 Å². The van der Waals surface area contributed by atoms with Gasteiger partial charge < -0.3 is 9.47 Å². The van der Waals surface area contributed by atoms with Crippen molar-refractivity contribution in [2.45, 2.75) is 6.92 Å². The Kier molecular flexibility index (Phi) is 3.41. The molecule has 4 nitrogen and oxygen atoms in total. The third-order valence-electron chi connectivity index (χ3n) is 2.60. The molecule has 1 heterocycles. The summed E-state index contributed by atoms with van der Waals surface area (Å²) in [6, 6.07) is 3.02. The normalized spacial score (nSPS) is 10.2. The van der Waals surface area contributed by atoms with E-state index < -0.39 is 5.82 Å². The van der Waals surface area contributed by atoms with E-state index in [1.54, 1.807) is 12.3 Å². The van der Waals surface area contributed by atoms with Gasteiger partial charge in [-0.15, -0.1) is 0 Å². The number of aromatic nitrogens is 2. The van der Waals surface area contributed by atoms with Gasteiger partial charge >= 0.3 is 0 Å². The number of aryl methyl sites for hydroxylation is 1. The summed E-state index contributed by atoms with van der Waals surface area (Å²) in [5.74, 6) is 0.179. The second kappa shape index (κ2) is 5.00. The van der Waals surface area contributed by atoms with Crippen LogP contribution in [0.2, 0.25) is 0 Å². The average molecular weight is 248 g/mol. The molecule has 0 spiro atoms. The molecular formula is C13H13FN2O2. The first-order valence-corrected chi connectivity index (χ1v) is 5.36. The molecule has 0 aliphatic rings. The van der Waals surface area contributed by atoms with Crippen LogP contribution in [-0.2, 0) is 0 Å². The number of methoxy groups -OCH3 is 2. The van der Waals surface area contributed by atoms with E-state index in [0.29, 0.717) is 17.1 Å². The summed E-state index contributed by atoms with van der Waals surface area (Å²) < 4.78 is 23.6. The highest BCUT2D eigenvalue weighted by atomic mass is 19.1. The fourth-order valence-electron chi connectivity index (χ4n) is 1.66. The van der Waals surface area contributed by atoms with Crippen LogP contribution in [-0.4, -0.2) is 24.2 Å². The molecule has 0 N–H and O–H groups in total. The maximum atomic E-state index is 13.7. The summed E-state index contributed by atoms with van der Waals surface area (Å²) in [7, 11) is 2.94. The molecule has 2 rings (SSSR count). The lowest BCUT2D eigenvalue weighted by atomic mass is 10.1.